The van der Waals surface area contributed by atoms with Crippen LogP contribution in [0.3, 0.4) is 0 Å². The van der Waals surface area contributed by atoms with Crippen molar-refractivity contribution in [3.05, 3.63) is 155 Å². The molecule has 6 aromatic carbocycles. The van der Waals surface area contributed by atoms with Crippen molar-refractivity contribution in [2.24, 2.45) is 0 Å². The van der Waals surface area contributed by atoms with Gasteiger partial charge in [0.2, 0.25) is 0 Å². The Kier molecular flexibility index (Phi) is 5.90. The first-order valence-corrected chi connectivity index (χ1v) is 15.1. The van der Waals surface area contributed by atoms with Crippen molar-refractivity contribution in [2.45, 2.75) is 24.7 Å². The first-order chi connectivity index (χ1) is 22.1. The topological polar surface area (TPSA) is 99.4 Å². The molecule has 2 heterocycles. The highest BCUT2D eigenvalue weighted by Crippen LogP contribution is 2.54. The molecule has 6 heteroatoms. The molecule has 8 rings (SSSR count). The number of aromatic hydroxyl groups is 4. The lowest BCUT2D eigenvalue weighted by Gasteiger charge is -2.38. The van der Waals surface area contributed by atoms with E-state index in [1.165, 1.54) is 0 Å². The van der Waals surface area contributed by atoms with Crippen LogP contribution < -0.4 is 9.47 Å². The van der Waals surface area contributed by atoms with Gasteiger partial charge in [-0.1, -0.05) is 48.5 Å². The zero-order chi connectivity index (χ0) is 31.8. The minimum atomic E-state index is -0.696. The van der Waals surface area contributed by atoms with E-state index in [0.717, 1.165) is 44.5 Å². The van der Waals surface area contributed by atoms with Gasteiger partial charge < -0.3 is 29.9 Å². The summed E-state index contributed by atoms with van der Waals surface area (Å²) in [6, 6.07) is 37.0. The molecule has 46 heavy (non-hydrogen) atoms. The summed E-state index contributed by atoms with van der Waals surface area (Å²) in [5, 5.41) is 41.6. The molecule has 0 radical (unpaired) electrons. The van der Waals surface area contributed by atoms with E-state index in [-0.39, 0.29) is 23.0 Å². The van der Waals surface area contributed by atoms with Crippen molar-refractivity contribution in [1.29, 1.82) is 0 Å². The van der Waals surface area contributed by atoms with Gasteiger partial charge in [-0.05, 0) is 109 Å². The second-order valence-electron chi connectivity index (χ2n) is 12.3. The van der Waals surface area contributed by atoms with Crippen LogP contribution in [0, 0.1) is 0 Å². The first kappa shape index (κ1) is 27.7. The van der Waals surface area contributed by atoms with Crippen LogP contribution in [0.5, 0.6) is 46.0 Å². The van der Waals surface area contributed by atoms with Crippen molar-refractivity contribution in [2.75, 3.05) is 0 Å². The lowest BCUT2D eigenvalue weighted by Crippen LogP contribution is -2.29. The number of hydrogen-bond acceptors (Lipinski definition) is 6. The summed E-state index contributed by atoms with van der Waals surface area (Å²) in [5.74, 6) is 3.19. The van der Waals surface area contributed by atoms with E-state index >= 15 is 0 Å². The number of phenolic OH excluding ortho intramolecular Hbond substituents is 4. The Labute approximate surface area is 266 Å². The van der Waals surface area contributed by atoms with Crippen LogP contribution in [-0.2, 0) is 10.8 Å². The molecule has 0 amide bonds. The number of fused-ring (bicyclic) bond motifs is 4. The minimum Gasteiger partial charge on any atom is -0.508 e. The lowest BCUT2D eigenvalue weighted by atomic mass is 9.68. The van der Waals surface area contributed by atoms with E-state index in [1.54, 1.807) is 72.8 Å². The molecule has 0 aliphatic carbocycles. The molecule has 2 aliphatic rings. The van der Waals surface area contributed by atoms with Gasteiger partial charge in [-0.25, -0.2) is 0 Å². The van der Waals surface area contributed by atoms with Crippen molar-refractivity contribution in [3.63, 3.8) is 0 Å². The first-order valence-electron chi connectivity index (χ1n) is 15.1. The Balaban J connectivity index is 1.19. The van der Waals surface area contributed by atoms with E-state index in [9.17, 15) is 20.4 Å². The molecule has 0 saturated heterocycles. The Morgan fingerprint density at radius 2 is 0.630 bits per heavy atom. The molecule has 6 nitrogen and oxygen atoms in total. The molecular formula is C40H30O6. The molecule has 226 valence electrons. The van der Waals surface area contributed by atoms with Crippen LogP contribution in [0.4, 0.5) is 0 Å². The predicted octanol–water partition coefficient (Wildman–Crippen LogP) is 9.10. The van der Waals surface area contributed by atoms with Crippen LogP contribution in [0.25, 0.3) is 11.1 Å². The quantitative estimate of drug-likeness (QED) is 0.160. The average molecular weight is 607 g/mol. The fraction of sp³-hybridized carbons (Fsp3) is 0.100. The van der Waals surface area contributed by atoms with Gasteiger partial charge in [0, 0.05) is 33.1 Å². The molecular weight excluding hydrogens is 576 g/mol. The molecule has 0 unspecified atom stereocenters. The molecule has 0 aromatic heterocycles. The van der Waals surface area contributed by atoms with Crippen molar-refractivity contribution in [1.82, 2.24) is 0 Å². The number of benzene rings is 6. The van der Waals surface area contributed by atoms with Gasteiger partial charge in [0.15, 0.2) is 0 Å². The summed E-state index contributed by atoms with van der Waals surface area (Å²) in [6.07, 6.45) is 0. The Morgan fingerprint density at radius 1 is 0.370 bits per heavy atom. The summed E-state index contributed by atoms with van der Waals surface area (Å²) in [5.41, 5.74) is 5.86. The summed E-state index contributed by atoms with van der Waals surface area (Å²) < 4.78 is 12.3. The summed E-state index contributed by atoms with van der Waals surface area (Å²) in [6.45, 7) is 4.16. The third kappa shape index (κ3) is 4.03. The maximum Gasteiger partial charge on any atom is 0.132 e. The van der Waals surface area contributed by atoms with E-state index in [2.05, 4.69) is 62.4 Å². The third-order valence-electron chi connectivity index (χ3n) is 9.70. The van der Waals surface area contributed by atoms with E-state index in [0.29, 0.717) is 23.0 Å². The van der Waals surface area contributed by atoms with Crippen LogP contribution >= 0.6 is 0 Å². The van der Waals surface area contributed by atoms with Crippen molar-refractivity contribution < 1.29 is 29.9 Å². The van der Waals surface area contributed by atoms with E-state index in [1.807, 2.05) is 0 Å². The molecule has 0 spiro atoms. The number of ether oxygens (including phenoxy) is 2. The maximum atomic E-state index is 10.4. The highest BCUT2D eigenvalue weighted by Gasteiger charge is 2.42. The third-order valence-corrected chi connectivity index (χ3v) is 9.70. The second kappa shape index (κ2) is 9.81. The standard InChI is InChI=1S/C40H30O6/c1-39(31-19-27(41)11-15-35(31)45-36-16-12-28(42)20-32(36)39)25-7-3-23(4-8-25)24-5-9-26(10-6-24)40(2)33-21-29(43)13-17-37(33)46-38-18-14-30(44)22-34(38)40/h3-22,41-44H,1-2H3. The molecule has 0 fully saturated rings. The zero-order valence-electron chi connectivity index (χ0n) is 25.2. The Bertz CT molecular complexity index is 1910. The van der Waals surface area contributed by atoms with E-state index in [4.69, 9.17) is 9.47 Å². The van der Waals surface area contributed by atoms with Crippen LogP contribution in [0.1, 0.15) is 47.2 Å². The summed E-state index contributed by atoms with van der Waals surface area (Å²) in [4.78, 5) is 0. The highest BCUT2D eigenvalue weighted by atomic mass is 16.5. The molecule has 0 saturated carbocycles. The molecule has 0 bridgehead atoms. The van der Waals surface area contributed by atoms with Gasteiger partial charge in [-0.2, -0.15) is 0 Å². The molecule has 4 N–H and O–H groups in total. The maximum absolute atomic E-state index is 10.4. The average Bonchev–Trinajstić information content (AvgIpc) is 3.06. The van der Waals surface area contributed by atoms with Crippen molar-refractivity contribution in [3.8, 4) is 57.1 Å². The van der Waals surface area contributed by atoms with Gasteiger partial charge >= 0.3 is 0 Å². The minimum absolute atomic E-state index is 0.141. The largest absolute Gasteiger partial charge is 0.508 e. The predicted molar refractivity (Wildman–Crippen MR) is 176 cm³/mol. The molecule has 2 aliphatic heterocycles. The Morgan fingerprint density at radius 3 is 0.891 bits per heavy atom. The van der Waals surface area contributed by atoms with Crippen LogP contribution in [0.2, 0.25) is 0 Å². The zero-order valence-corrected chi connectivity index (χ0v) is 25.2. The monoisotopic (exact) mass is 606 g/mol. The van der Waals surface area contributed by atoms with Gasteiger partial charge in [-0.3, -0.25) is 0 Å². The highest BCUT2D eigenvalue weighted by molar-refractivity contribution is 5.70. The normalized spacial score (nSPS) is 14.9. The molecule has 0 atom stereocenters. The fourth-order valence-electron chi connectivity index (χ4n) is 7.13. The number of hydrogen-bond donors (Lipinski definition) is 4. The van der Waals surface area contributed by atoms with Gasteiger partial charge in [0.1, 0.15) is 46.0 Å². The SMILES string of the molecule is CC1(c2ccc(-c3ccc(C4(C)c5cc(O)ccc5Oc5ccc(O)cc54)cc3)cc2)c2cc(O)ccc2Oc2ccc(O)cc21. The number of phenols is 4. The van der Waals surface area contributed by atoms with Crippen LogP contribution in [0.15, 0.2) is 121 Å². The fourth-order valence-corrected chi connectivity index (χ4v) is 7.13. The summed E-state index contributed by atoms with van der Waals surface area (Å²) >= 11 is 0. The Hall–Kier alpha value is -5.88. The van der Waals surface area contributed by atoms with Crippen molar-refractivity contribution >= 4 is 0 Å². The number of rotatable bonds is 3. The van der Waals surface area contributed by atoms with Crippen LogP contribution in [-0.4, -0.2) is 20.4 Å². The van der Waals surface area contributed by atoms with Gasteiger partial charge in [0.25, 0.3) is 0 Å². The summed E-state index contributed by atoms with van der Waals surface area (Å²) in [7, 11) is 0. The smallest absolute Gasteiger partial charge is 0.132 e. The second-order valence-corrected chi connectivity index (χ2v) is 12.3. The lowest BCUT2D eigenvalue weighted by molar-refractivity contribution is 0.414. The molecule has 6 aromatic rings. The van der Waals surface area contributed by atoms with E-state index < -0.39 is 10.8 Å². The van der Waals surface area contributed by atoms with Gasteiger partial charge in [0.05, 0.1) is 0 Å². The van der Waals surface area contributed by atoms with Gasteiger partial charge in [-0.15, -0.1) is 0 Å².